The first-order chi connectivity index (χ1) is 12.5. The molecule has 1 saturated heterocycles. The maximum Gasteiger partial charge on any atom is 0.264 e. The molecule has 2 heterocycles. The molecule has 1 aromatic heterocycles. The van der Waals surface area contributed by atoms with Gasteiger partial charge in [-0.2, -0.15) is 4.31 Å². The van der Waals surface area contributed by atoms with Crippen molar-refractivity contribution in [2.24, 2.45) is 0 Å². The van der Waals surface area contributed by atoms with Crippen LogP contribution in [0.5, 0.6) is 0 Å². The molecule has 0 unspecified atom stereocenters. The summed E-state index contributed by atoms with van der Waals surface area (Å²) in [5.41, 5.74) is 2.21. The lowest BCUT2D eigenvalue weighted by atomic mass is 10.1. The molecule has 1 aromatic carbocycles. The second-order valence-electron chi connectivity index (χ2n) is 6.99. The fourth-order valence-electron chi connectivity index (χ4n) is 3.34. The predicted molar refractivity (Wildman–Crippen MR) is 102 cm³/mol. The van der Waals surface area contributed by atoms with Crippen LogP contribution in [0.15, 0.2) is 40.6 Å². The Hall–Kier alpha value is -1.70. The molecule has 5 nitrogen and oxygen atoms in total. The van der Waals surface area contributed by atoms with Crippen molar-refractivity contribution in [1.29, 1.82) is 0 Å². The minimum Gasteiger partial charge on any atom is -0.335 e. The molecular weight excluding hydrogens is 368 g/mol. The maximum absolute atomic E-state index is 12.8. The Kier molecular flexibility index (Phi) is 4.62. The Balaban J connectivity index is 1.44. The smallest absolute Gasteiger partial charge is 0.264 e. The molecule has 2 aliphatic rings. The first kappa shape index (κ1) is 17.7. The molecule has 138 valence electrons. The van der Waals surface area contributed by atoms with E-state index in [1.54, 1.807) is 17.0 Å². The van der Waals surface area contributed by atoms with Crippen LogP contribution < -0.4 is 0 Å². The molecule has 1 aliphatic heterocycles. The molecule has 7 heteroatoms. The number of rotatable bonds is 4. The molecule has 2 fully saturated rings. The lowest BCUT2D eigenvalue weighted by Crippen LogP contribution is -2.50. The van der Waals surface area contributed by atoms with Gasteiger partial charge >= 0.3 is 0 Å². The number of carbonyl (C=O) groups is 1. The normalized spacial score (nSPS) is 18.9. The molecule has 4 rings (SSSR count). The number of carbonyl (C=O) groups excluding carboxylic acids is 1. The van der Waals surface area contributed by atoms with Crippen molar-refractivity contribution in [2.45, 2.75) is 30.6 Å². The summed E-state index contributed by atoms with van der Waals surface area (Å²) in [5, 5.41) is 1.99. The van der Waals surface area contributed by atoms with Gasteiger partial charge in [0.15, 0.2) is 0 Å². The van der Waals surface area contributed by atoms with Gasteiger partial charge < -0.3 is 4.90 Å². The molecule has 1 aliphatic carbocycles. The molecule has 0 atom stereocenters. The monoisotopic (exact) mass is 390 g/mol. The van der Waals surface area contributed by atoms with Crippen molar-refractivity contribution in [3.05, 3.63) is 51.7 Å². The van der Waals surface area contributed by atoms with Gasteiger partial charge in [0.2, 0.25) is 10.0 Å². The van der Waals surface area contributed by atoms with Crippen molar-refractivity contribution >= 4 is 27.3 Å². The van der Waals surface area contributed by atoms with Gasteiger partial charge in [0.1, 0.15) is 0 Å². The quantitative estimate of drug-likeness (QED) is 0.806. The first-order valence-corrected chi connectivity index (χ1v) is 11.2. The van der Waals surface area contributed by atoms with E-state index in [4.69, 9.17) is 0 Å². The summed E-state index contributed by atoms with van der Waals surface area (Å²) >= 11 is 1.50. The SMILES string of the molecule is Cc1ccc(S(=O)(=O)N2CCN(C(=O)c3sccc3C3CC3)CC2)cc1. The number of amides is 1. The van der Waals surface area contributed by atoms with Gasteiger partial charge in [-0.15, -0.1) is 11.3 Å². The summed E-state index contributed by atoms with van der Waals surface area (Å²) in [7, 11) is -3.50. The number of sulfonamides is 1. The van der Waals surface area contributed by atoms with E-state index < -0.39 is 10.0 Å². The standard InChI is InChI=1S/C19H22N2O3S2/c1-14-2-6-16(7-3-14)26(23,24)21-11-9-20(10-12-21)19(22)18-17(8-13-25-18)15-4-5-15/h2-3,6-8,13,15H,4-5,9-12H2,1H3. The lowest BCUT2D eigenvalue weighted by Gasteiger charge is -2.34. The Morgan fingerprint density at radius 2 is 1.69 bits per heavy atom. The summed E-state index contributed by atoms with van der Waals surface area (Å²) in [6.07, 6.45) is 2.33. The molecule has 2 aromatic rings. The van der Waals surface area contributed by atoms with E-state index >= 15 is 0 Å². The van der Waals surface area contributed by atoms with Crippen molar-refractivity contribution in [3.8, 4) is 0 Å². The zero-order chi connectivity index (χ0) is 18.3. The van der Waals surface area contributed by atoms with Crippen molar-refractivity contribution in [3.63, 3.8) is 0 Å². The van der Waals surface area contributed by atoms with Crippen molar-refractivity contribution in [2.75, 3.05) is 26.2 Å². The Labute approximate surface area is 158 Å². The highest BCUT2D eigenvalue weighted by molar-refractivity contribution is 7.89. The highest BCUT2D eigenvalue weighted by Gasteiger charge is 2.34. The van der Waals surface area contributed by atoms with Crippen LogP contribution in [0.2, 0.25) is 0 Å². The first-order valence-electron chi connectivity index (χ1n) is 8.90. The molecule has 0 radical (unpaired) electrons. The van der Waals surface area contributed by atoms with Crippen LogP contribution in [-0.4, -0.2) is 49.7 Å². The number of nitrogens with zero attached hydrogens (tertiary/aromatic N) is 2. The van der Waals surface area contributed by atoms with E-state index in [0.717, 1.165) is 10.4 Å². The predicted octanol–water partition coefficient (Wildman–Crippen LogP) is 3.08. The minimum atomic E-state index is -3.50. The topological polar surface area (TPSA) is 57.7 Å². The zero-order valence-corrected chi connectivity index (χ0v) is 16.4. The molecule has 0 N–H and O–H groups in total. The molecule has 26 heavy (non-hydrogen) atoms. The van der Waals surface area contributed by atoms with Crippen LogP contribution in [0, 0.1) is 6.92 Å². The molecule has 0 bridgehead atoms. The number of hydrogen-bond donors (Lipinski definition) is 0. The second kappa shape index (κ2) is 6.79. The summed E-state index contributed by atoms with van der Waals surface area (Å²) in [4.78, 5) is 15.8. The highest BCUT2D eigenvalue weighted by atomic mass is 32.2. The van der Waals surface area contributed by atoms with Gasteiger partial charge in [-0.3, -0.25) is 4.79 Å². The summed E-state index contributed by atoms with van der Waals surface area (Å²) in [6.45, 7) is 3.48. The third-order valence-corrected chi connectivity index (χ3v) is 7.92. The number of thiophene rings is 1. The largest absolute Gasteiger partial charge is 0.335 e. The van der Waals surface area contributed by atoms with Crippen LogP contribution in [0.3, 0.4) is 0 Å². The summed E-state index contributed by atoms with van der Waals surface area (Å²) in [6, 6.07) is 8.98. The fourth-order valence-corrected chi connectivity index (χ4v) is 5.72. The number of hydrogen-bond acceptors (Lipinski definition) is 4. The van der Waals surface area contributed by atoms with Crippen LogP contribution >= 0.6 is 11.3 Å². The molecule has 1 amide bonds. The maximum atomic E-state index is 12.8. The lowest BCUT2D eigenvalue weighted by molar-refractivity contribution is 0.0701. The third kappa shape index (κ3) is 3.31. The molecule has 1 saturated carbocycles. The van der Waals surface area contributed by atoms with E-state index in [9.17, 15) is 13.2 Å². The van der Waals surface area contributed by atoms with Gasteiger partial charge in [0.05, 0.1) is 9.77 Å². The van der Waals surface area contributed by atoms with E-state index in [-0.39, 0.29) is 5.91 Å². The average Bonchev–Trinajstić information content (AvgIpc) is 3.38. The van der Waals surface area contributed by atoms with Crippen LogP contribution in [0.25, 0.3) is 0 Å². The Bertz CT molecular complexity index is 907. The van der Waals surface area contributed by atoms with E-state index in [2.05, 4.69) is 6.07 Å². The van der Waals surface area contributed by atoms with Gasteiger partial charge in [0.25, 0.3) is 5.91 Å². The molecular formula is C19H22N2O3S2. The van der Waals surface area contributed by atoms with Crippen molar-refractivity contribution < 1.29 is 13.2 Å². The van der Waals surface area contributed by atoms with Crippen molar-refractivity contribution in [1.82, 2.24) is 9.21 Å². The van der Waals surface area contributed by atoms with Crippen LogP contribution in [0.1, 0.15) is 39.6 Å². The highest BCUT2D eigenvalue weighted by Crippen LogP contribution is 2.43. The van der Waals surface area contributed by atoms with Gasteiger partial charge in [-0.25, -0.2) is 8.42 Å². The number of aryl methyl sites for hydroxylation is 1. The minimum absolute atomic E-state index is 0.0503. The van der Waals surface area contributed by atoms with E-state index in [1.807, 2.05) is 24.4 Å². The van der Waals surface area contributed by atoms with Crippen LogP contribution in [-0.2, 0) is 10.0 Å². The molecule has 0 spiro atoms. The zero-order valence-electron chi connectivity index (χ0n) is 14.7. The van der Waals surface area contributed by atoms with Crippen LogP contribution in [0.4, 0.5) is 0 Å². The average molecular weight is 391 g/mol. The van der Waals surface area contributed by atoms with Gasteiger partial charge in [0, 0.05) is 26.2 Å². The number of benzene rings is 1. The second-order valence-corrected chi connectivity index (χ2v) is 9.84. The fraction of sp³-hybridized carbons (Fsp3) is 0.421. The van der Waals surface area contributed by atoms with Gasteiger partial charge in [-0.05, 0) is 54.8 Å². The van der Waals surface area contributed by atoms with Gasteiger partial charge in [-0.1, -0.05) is 17.7 Å². The Morgan fingerprint density at radius 3 is 2.31 bits per heavy atom. The number of piperazine rings is 1. The summed E-state index contributed by atoms with van der Waals surface area (Å²) in [5.74, 6) is 0.595. The van der Waals surface area contributed by atoms with E-state index in [0.29, 0.717) is 37.0 Å². The third-order valence-electron chi connectivity index (χ3n) is 5.09. The Morgan fingerprint density at radius 1 is 1.04 bits per heavy atom. The summed E-state index contributed by atoms with van der Waals surface area (Å²) < 4.78 is 27.0. The van der Waals surface area contributed by atoms with E-state index in [1.165, 1.54) is 34.0 Å².